The molecule has 0 saturated carbocycles. The number of carbonyl (C=O) groups is 1. The Labute approximate surface area is 184 Å². The van der Waals surface area contributed by atoms with Crippen molar-refractivity contribution in [2.45, 2.75) is 31.2 Å². The van der Waals surface area contributed by atoms with Gasteiger partial charge in [-0.2, -0.15) is 5.10 Å². The van der Waals surface area contributed by atoms with Crippen molar-refractivity contribution in [3.63, 3.8) is 0 Å². The summed E-state index contributed by atoms with van der Waals surface area (Å²) >= 11 is 0. The number of amides is 1. The van der Waals surface area contributed by atoms with Gasteiger partial charge >= 0.3 is 0 Å². The first-order valence-corrected chi connectivity index (χ1v) is 11.5. The molecule has 0 aliphatic rings. The van der Waals surface area contributed by atoms with Gasteiger partial charge in [-0.3, -0.25) is 14.7 Å². The van der Waals surface area contributed by atoms with E-state index in [2.05, 4.69) is 16.9 Å². The second-order valence-electron chi connectivity index (χ2n) is 7.58. The van der Waals surface area contributed by atoms with Crippen molar-refractivity contribution >= 4 is 26.6 Å². The molecule has 168 valence electrons. The lowest BCUT2D eigenvalue weighted by molar-refractivity contribution is -0.131. The van der Waals surface area contributed by atoms with Gasteiger partial charge in [0, 0.05) is 29.9 Å². The number of aromatic nitrogens is 2. The molecule has 1 atom stereocenters. The van der Waals surface area contributed by atoms with Gasteiger partial charge in [0.05, 0.1) is 17.7 Å². The molecule has 3 aromatic rings. The van der Waals surface area contributed by atoms with Crippen LogP contribution in [0.5, 0.6) is 0 Å². The molecule has 3 N–H and O–H groups in total. The Bertz CT molecular complexity index is 1340. The third-order valence-electron chi connectivity index (χ3n) is 5.33. The summed E-state index contributed by atoms with van der Waals surface area (Å²) in [6.07, 6.45) is 2.53. The van der Waals surface area contributed by atoms with Gasteiger partial charge in [-0.15, -0.1) is 0 Å². The highest BCUT2D eigenvalue weighted by Crippen LogP contribution is 2.23. The zero-order valence-corrected chi connectivity index (χ0v) is 18.3. The Morgan fingerprint density at radius 2 is 2.00 bits per heavy atom. The molecule has 0 spiro atoms. The lowest BCUT2D eigenvalue weighted by Gasteiger charge is -2.24. The predicted molar refractivity (Wildman–Crippen MR) is 116 cm³/mol. The van der Waals surface area contributed by atoms with Crippen molar-refractivity contribution in [1.82, 2.24) is 15.3 Å². The number of nitrogens with one attached hydrogen (secondary N) is 1. The molecule has 1 aromatic heterocycles. The molecule has 8 nitrogen and oxygen atoms in total. The lowest BCUT2D eigenvalue weighted by Crippen LogP contribution is -2.49. The maximum absolute atomic E-state index is 14.0. The number of hydrogen-bond donors (Lipinski definition) is 3. The summed E-state index contributed by atoms with van der Waals surface area (Å²) in [5.41, 5.74) is 3.36. The minimum absolute atomic E-state index is 0.0952. The van der Waals surface area contributed by atoms with E-state index in [1.165, 1.54) is 29.2 Å². The van der Waals surface area contributed by atoms with Gasteiger partial charge in [0.25, 0.3) is 5.91 Å². The van der Waals surface area contributed by atoms with E-state index in [0.717, 1.165) is 11.6 Å². The van der Waals surface area contributed by atoms with Crippen LogP contribution in [-0.2, 0) is 27.8 Å². The number of hydrogen-bond acceptors (Lipinski definition) is 6. The van der Waals surface area contributed by atoms with E-state index in [9.17, 15) is 17.6 Å². The Kier molecular flexibility index (Phi) is 6.64. The number of benzene rings is 2. The topological polar surface area (TPSA) is 122 Å². The molecule has 1 amide bonds. The Balaban J connectivity index is 1.82. The monoisotopic (exact) mass is 459 g/mol. The quantitative estimate of drug-likeness (QED) is 0.293. The molecule has 32 heavy (non-hydrogen) atoms. The normalized spacial score (nSPS) is 13.3. The van der Waals surface area contributed by atoms with Crippen molar-refractivity contribution < 1.29 is 27.9 Å². The molecule has 0 aliphatic carbocycles. The minimum atomic E-state index is -3.80. The predicted octanol–water partition coefficient (Wildman–Crippen LogP) is 1.77. The number of hydroxylamine groups is 1. The van der Waals surface area contributed by atoms with E-state index in [-0.39, 0.29) is 25.1 Å². The second kappa shape index (κ2) is 9.08. The van der Waals surface area contributed by atoms with Gasteiger partial charge in [-0.05, 0) is 49.2 Å². The molecule has 0 aliphatic heterocycles. The first kappa shape index (κ1) is 23.4. The standard InChI is InChI=1S/C22H22FN3O5S/c1-22(21(28)25-29,32(2,30)31)9-10-26-13-18-11-15(5-8-20(18)24-26)3-6-17-7-4-16(14-27)12-19(17)23/h4-5,7-8,11-13,27,29H,9-10,14H2,1-2H3,(H,25,28)/t22-/m1/s1. The number of aryl methyl sites for hydroxylation is 1. The van der Waals surface area contributed by atoms with Crippen molar-refractivity contribution in [2.75, 3.05) is 6.26 Å². The smallest absolute Gasteiger partial charge is 0.264 e. The summed E-state index contributed by atoms with van der Waals surface area (Å²) < 4.78 is 37.9. The highest BCUT2D eigenvalue weighted by atomic mass is 32.2. The van der Waals surface area contributed by atoms with Crippen LogP contribution < -0.4 is 5.48 Å². The Hall–Kier alpha value is -3.26. The van der Waals surface area contributed by atoms with E-state index in [1.54, 1.807) is 30.5 Å². The van der Waals surface area contributed by atoms with Crippen molar-refractivity contribution in [3.05, 3.63) is 65.1 Å². The summed E-state index contributed by atoms with van der Waals surface area (Å²) in [5, 5.41) is 23.1. The number of nitrogens with zero attached hydrogens (tertiary/aromatic N) is 2. The van der Waals surface area contributed by atoms with Crippen LogP contribution in [0.4, 0.5) is 4.39 Å². The van der Waals surface area contributed by atoms with Gasteiger partial charge in [0.15, 0.2) is 14.6 Å². The highest BCUT2D eigenvalue weighted by Gasteiger charge is 2.43. The highest BCUT2D eigenvalue weighted by molar-refractivity contribution is 7.92. The molecule has 1 heterocycles. The van der Waals surface area contributed by atoms with Gasteiger partial charge < -0.3 is 5.11 Å². The summed E-state index contributed by atoms with van der Waals surface area (Å²) in [6.45, 7) is 1.12. The summed E-state index contributed by atoms with van der Waals surface area (Å²) in [6, 6.07) is 9.57. The Morgan fingerprint density at radius 3 is 2.62 bits per heavy atom. The van der Waals surface area contributed by atoms with Crippen LogP contribution in [0.3, 0.4) is 0 Å². The van der Waals surface area contributed by atoms with Crippen molar-refractivity contribution in [3.8, 4) is 11.8 Å². The number of sulfone groups is 1. The number of carbonyl (C=O) groups excluding carboxylic acids is 1. The van der Waals surface area contributed by atoms with E-state index < -0.39 is 26.3 Å². The molecular formula is C22H22FN3O5S. The first-order chi connectivity index (χ1) is 15.1. The average molecular weight is 459 g/mol. The number of aliphatic hydroxyl groups is 1. The Morgan fingerprint density at radius 1 is 1.25 bits per heavy atom. The summed E-state index contributed by atoms with van der Waals surface area (Å²) in [4.78, 5) is 11.9. The van der Waals surface area contributed by atoms with E-state index >= 15 is 0 Å². The van der Waals surface area contributed by atoms with Crippen LogP contribution in [0.25, 0.3) is 10.9 Å². The van der Waals surface area contributed by atoms with E-state index in [1.807, 2.05) is 0 Å². The molecule has 0 radical (unpaired) electrons. The van der Waals surface area contributed by atoms with Crippen molar-refractivity contribution in [1.29, 1.82) is 0 Å². The number of rotatable bonds is 6. The third kappa shape index (κ3) is 4.80. The first-order valence-electron chi connectivity index (χ1n) is 9.60. The third-order valence-corrected chi connectivity index (χ3v) is 7.35. The summed E-state index contributed by atoms with van der Waals surface area (Å²) in [5.74, 6) is 4.13. The lowest BCUT2D eigenvalue weighted by atomic mass is 10.1. The largest absolute Gasteiger partial charge is 0.392 e. The zero-order valence-electron chi connectivity index (χ0n) is 17.5. The molecule has 0 bridgehead atoms. The maximum Gasteiger partial charge on any atom is 0.264 e. The molecule has 3 rings (SSSR count). The van der Waals surface area contributed by atoms with Gasteiger partial charge in [-0.25, -0.2) is 18.3 Å². The molecule has 0 saturated heterocycles. The minimum Gasteiger partial charge on any atom is -0.392 e. The fraction of sp³-hybridized carbons (Fsp3) is 0.273. The molecule has 2 aromatic carbocycles. The van der Waals surface area contributed by atoms with E-state index in [0.29, 0.717) is 16.6 Å². The van der Waals surface area contributed by atoms with Crippen LogP contribution in [-0.4, -0.2) is 45.4 Å². The number of aliphatic hydroxyl groups excluding tert-OH is 1. The molecule has 10 heteroatoms. The zero-order chi connectivity index (χ0) is 23.5. The van der Waals surface area contributed by atoms with Crippen LogP contribution in [0.15, 0.2) is 42.6 Å². The average Bonchev–Trinajstić information content (AvgIpc) is 3.17. The van der Waals surface area contributed by atoms with Crippen LogP contribution in [0.2, 0.25) is 0 Å². The SMILES string of the molecule is C[C@@](CCn1cc2cc(C#Cc3ccc(CO)cc3F)ccc2n1)(C(=O)NO)S(C)(=O)=O. The molecular weight excluding hydrogens is 437 g/mol. The summed E-state index contributed by atoms with van der Waals surface area (Å²) in [7, 11) is -3.80. The molecule has 0 fully saturated rings. The van der Waals surface area contributed by atoms with Gasteiger partial charge in [-0.1, -0.05) is 17.9 Å². The fourth-order valence-corrected chi connectivity index (χ4v) is 3.92. The van der Waals surface area contributed by atoms with E-state index in [4.69, 9.17) is 10.3 Å². The second-order valence-corrected chi connectivity index (χ2v) is 10.0. The van der Waals surface area contributed by atoms with Gasteiger partial charge in [0.1, 0.15) is 5.82 Å². The number of halogens is 1. The maximum atomic E-state index is 14.0. The van der Waals surface area contributed by atoms with Crippen LogP contribution in [0, 0.1) is 17.7 Å². The van der Waals surface area contributed by atoms with Crippen molar-refractivity contribution in [2.24, 2.45) is 0 Å². The van der Waals surface area contributed by atoms with Crippen LogP contribution in [0.1, 0.15) is 30.0 Å². The molecule has 0 unspecified atom stereocenters. The number of fused-ring (bicyclic) bond motifs is 1. The van der Waals surface area contributed by atoms with Gasteiger partial charge in [0.2, 0.25) is 0 Å². The fourth-order valence-electron chi connectivity index (χ4n) is 3.08. The van der Waals surface area contributed by atoms with Crippen LogP contribution >= 0.6 is 0 Å².